The van der Waals surface area contributed by atoms with Crippen molar-refractivity contribution in [1.82, 2.24) is 10.2 Å². The molecule has 0 aliphatic heterocycles. The fourth-order valence-electron chi connectivity index (χ4n) is 1.80. The van der Waals surface area contributed by atoms with Gasteiger partial charge in [-0.2, -0.15) is 0 Å². The van der Waals surface area contributed by atoms with E-state index in [2.05, 4.69) is 5.32 Å². The van der Waals surface area contributed by atoms with Gasteiger partial charge in [-0.05, 0) is 12.6 Å². The number of rotatable bonds is 6. The molecule has 1 amide bonds. The summed E-state index contributed by atoms with van der Waals surface area (Å²) in [7, 11) is 1.76. The van der Waals surface area contributed by atoms with Gasteiger partial charge in [-0.15, -0.1) is 0 Å². The van der Waals surface area contributed by atoms with Gasteiger partial charge in [0.2, 0.25) is 5.91 Å². The van der Waals surface area contributed by atoms with Gasteiger partial charge in [0, 0.05) is 31.6 Å². The number of nitrogens with zero attached hydrogens (tertiary/aromatic N) is 1. The summed E-state index contributed by atoms with van der Waals surface area (Å²) >= 11 is 0. The van der Waals surface area contributed by atoms with Gasteiger partial charge in [0.25, 0.3) is 0 Å². The summed E-state index contributed by atoms with van der Waals surface area (Å²) in [5, 5.41) is 12.8. The van der Waals surface area contributed by atoms with Gasteiger partial charge in [0.05, 0.1) is 0 Å². The fourth-order valence-corrected chi connectivity index (χ4v) is 1.80. The van der Waals surface area contributed by atoms with E-state index in [4.69, 9.17) is 0 Å². The molecule has 0 saturated carbocycles. The molecule has 0 radical (unpaired) electrons. The predicted octanol–water partition coefficient (Wildman–Crippen LogP) is 1.60. The highest BCUT2D eigenvalue weighted by molar-refractivity contribution is 5.78. The Hall–Kier alpha value is -1.55. The first-order chi connectivity index (χ1) is 8.56. The Bertz CT molecular complexity index is 393. The maximum absolute atomic E-state index is 12.1. The van der Waals surface area contributed by atoms with E-state index in [1.807, 2.05) is 26.0 Å². The topological polar surface area (TPSA) is 52.6 Å². The molecule has 1 aromatic carbocycles. The van der Waals surface area contributed by atoms with Crippen LogP contribution in [0.1, 0.15) is 19.4 Å². The van der Waals surface area contributed by atoms with Crippen molar-refractivity contribution in [3.05, 3.63) is 29.8 Å². The molecule has 0 aliphatic rings. The standard InChI is InChI=1S/C14H22N2O2/c1-4-15-9-11(2)14(18)16(3)10-12-7-5-6-8-13(12)17/h5-8,11,15,17H,4,9-10H2,1-3H3. The summed E-state index contributed by atoms with van der Waals surface area (Å²) in [6.07, 6.45) is 0. The zero-order chi connectivity index (χ0) is 13.5. The fraction of sp³-hybridized carbons (Fsp3) is 0.500. The van der Waals surface area contributed by atoms with E-state index < -0.39 is 0 Å². The summed E-state index contributed by atoms with van der Waals surface area (Å²) < 4.78 is 0. The van der Waals surface area contributed by atoms with E-state index in [0.717, 1.165) is 12.1 Å². The molecule has 18 heavy (non-hydrogen) atoms. The number of nitrogens with one attached hydrogen (secondary N) is 1. The largest absolute Gasteiger partial charge is 0.508 e. The molecule has 4 nitrogen and oxygen atoms in total. The van der Waals surface area contributed by atoms with Crippen molar-refractivity contribution in [3.63, 3.8) is 0 Å². The average molecular weight is 250 g/mol. The number of aromatic hydroxyl groups is 1. The van der Waals surface area contributed by atoms with E-state index in [1.54, 1.807) is 24.1 Å². The van der Waals surface area contributed by atoms with Crippen LogP contribution in [0.3, 0.4) is 0 Å². The second-order valence-electron chi connectivity index (χ2n) is 4.53. The van der Waals surface area contributed by atoms with Gasteiger partial charge in [-0.25, -0.2) is 0 Å². The number of amides is 1. The van der Waals surface area contributed by atoms with Crippen molar-refractivity contribution >= 4 is 5.91 Å². The van der Waals surface area contributed by atoms with E-state index in [0.29, 0.717) is 13.1 Å². The van der Waals surface area contributed by atoms with E-state index in [1.165, 1.54) is 0 Å². The van der Waals surface area contributed by atoms with Gasteiger partial charge in [0.15, 0.2) is 0 Å². The molecule has 100 valence electrons. The maximum Gasteiger partial charge on any atom is 0.226 e. The first kappa shape index (κ1) is 14.5. The molecule has 0 fully saturated rings. The first-order valence-electron chi connectivity index (χ1n) is 6.28. The molecule has 1 unspecified atom stereocenters. The molecule has 0 spiro atoms. The van der Waals surface area contributed by atoms with Crippen LogP contribution in [-0.4, -0.2) is 36.1 Å². The molecular weight excluding hydrogens is 228 g/mol. The Morgan fingerprint density at radius 2 is 2.11 bits per heavy atom. The first-order valence-corrected chi connectivity index (χ1v) is 6.28. The normalized spacial score (nSPS) is 12.2. The lowest BCUT2D eigenvalue weighted by Gasteiger charge is -2.22. The molecular formula is C14H22N2O2. The number of carbonyl (C=O) groups excluding carboxylic acids is 1. The van der Waals surface area contributed by atoms with Crippen LogP contribution < -0.4 is 5.32 Å². The van der Waals surface area contributed by atoms with Crippen molar-refractivity contribution < 1.29 is 9.90 Å². The van der Waals surface area contributed by atoms with Crippen molar-refractivity contribution in [3.8, 4) is 5.75 Å². The van der Waals surface area contributed by atoms with E-state index in [9.17, 15) is 9.90 Å². The van der Waals surface area contributed by atoms with Crippen LogP contribution in [0.2, 0.25) is 0 Å². The van der Waals surface area contributed by atoms with Crippen LogP contribution in [0.4, 0.5) is 0 Å². The van der Waals surface area contributed by atoms with Gasteiger partial charge >= 0.3 is 0 Å². The van der Waals surface area contributed by atoms with Crippen LogP contribution >= 0.6 is 0 Å². The van der Waals surface area contributed by atoms with Gasteiger partial charge in [-0.1, -0.05) is 32.0 Å². The molecule has 1 atom stereocenters. The zero-order valence-electron chi connectivity index (χ0n) is 11.3. The zero-order valence-corrected chi connectivity index (χ0v) is 11.3. The van der Waals surface area contributed by atoms with Crippen molar-refractivity contribution in [1.29, 1.82) is 0 Å². The Kier molecular flexibility index (Phi) is 5.65. The number of phenols is 1. The van der Waals surface area contributed by atoms with Gasteiger partial charge < -0.3 is 15.3 Å². The van der Waals surface area contributed by atoms with Gasteiger partial charge in [0.1, 0.15) is 5.75 Å². The number of hydrogen-bond acceptors (Lipinski definition) is 3. The molecule has 0 aromatic heterocycles. The molecule has 4 heteroatoms. The Balaban J connectivity index is 2.57. The third-order valence-electron chi connectivity index (χ3n) is 2.90. The van der Waals surface area contributed by atoms with Crippen LogP contribution in [-0.2, 0) is 11.3 Å². The van der Waals surface area contributed by atoms with Crippen LogP contribution in [0.25, 0.3) is 0 Å². The highest BCUT2D eigenvalue weighted by atomic mass is 16.3. The van der Waals surface area contributed by atoms with E-state index >= 15 is 0 Å². The lowest BCUT2D eigenvalue weighted by molar-refractivity contribution is -0.134. The molecule has 0 saturated heterocycles. The van der Waals surface area contributed by atoms with Crippen LogP contribution in [0, 0.1) is 5.92 Å². The molecule has 1 aromatic rings. The third kappa shape index (κ3) is 4.04. The maximum atomic E-state index is 12.1. The minimum absolute atomic E-state index is 0.0548. The molecule has 1 rings (SSSR count). The minimum Gasteiger partial charge on any atom is -0.508 e. The average Bonchev–Trinajstić information content (AvgIpc) is 2.37. The molecule has 0 heterocycles. The van der Waals surface area contributed by atoms with Gasteiger partial charge in [-0.3, -0.25) is 4.79 Å². The molecule has 0 bridgehead atoms. The SMILES string of the molecule is CCNCC(C)C(=O)N(C)Cc1ccccc1O. The van der Waals surface area contributed by atoms with Crippen molar-refractivity contribution in [2.24, 2.45) is 5.92 Å². The Labute approximate surface area is 109 Å². The smallest absolute Gasteiger partial charge is 0.226 e. The monoisotopic (exact) mass is 250 g/mol. The number of hydrogen-bond donors (Lipinski definition) is 2. The highest BCUT2D eigenvalue weighted by Gasteiger charge is 2.17. The lowest BCUT2D eigenvalue weighted by atomic mass is 10.1. The highest BCUT2D eigenvalue weighted by Crippen LogP contribution is 2.17. The summed E-state index contributed by atoms with van der Waals surface area (Å²) in [6, 6.07) is 7.09. The second kappa shape index (κ2) is 7.01. The Morgan fingerprint density at radius 3 is 2.72 bits per heavy atom. The summed E-state index contributed by atoms with van der Waals surface area (Å²) in [6.45, 7) is 5.90. The summed E-state index contributed by atoms with van der Waals surface area (Å²) in [5.41, 5.74) is 0.768. The molecule has 2 N–H and O–H groups in total. The number of para-hydroxylation sites is 1. The lowest BCUT2D eigenvalue weighted by Crippen LogP contribution is -2.36. The number of benzene rings is 1. The molecule has 0 aliphatic carbocycles. The van der Waals surface area contributed by atoms with E-state index in [-0.39, 0.29) is 17.6 Å². The van der Waals surface area contributed by atoms with Crippen LogP contribution in [0.5, 0.6) is 5.75 Å². The summed E-state index contributed by atoms with van der Waals surface area (Å²) in [5.74, 6) is 0.261. The summed E-state index contributed by atoms with van der Waals surface area (Å²) in [4.78, 5) is 13.7. The predicted molar refractivity (Wildman–Crippen MR) is 72.3 cm³/mol. The number of phenolic OH excluding ortho intramolecular Hbond substituents is 1. The second-order valence-corrected chi connectivity index (χ2v) is 4.53. The van der Waals surface area contributed by atoms with Crippen molar-refractivity contribution in [2.75, 3.05) is 20.1 Å². The third-order valence-corrected chi connectivity index (χ3v) is 2.90. The van der Waals surface area contributed by atoms with Crippen LogP contribution in [0.15, 0.2) is 24.3 Å². The van der Waals surface area contributed by atoms with Crippen molar-refractivity contribution in [2.45, 2.75) is 20.4 Å². The number of carbonyl (C=O) groups is 1. The Morgan fingerprint density at radius 1 is 1.44 bits per heavy atom. The minimum atomic E-state index is -0.0548. The quantitative estimate of drug-likeness (QED) is 0.806.